The second-order valence-corrected chi connectivity index (χ2v) is 3.26. The van der Waals surface area contributed by atoms with E-state index >= 15 is 0 Å². The maximum atomic E-state index is 11.1. The molecule has 3 N–H and O–H groups in total. The number of amides is 1. The van der Waals surface area contributed by atoms with Crippen molar-refractivity contribution in [3.63, 3.8) is 0 Å². The third-order valence-electron chi connectivity index (χ3n) is 1.94. The van der Waals surface area contributed by atoms with Gasteiger partial charge in [0.1, 0.15) is 6.29 Å². The molecule has 0 unspecified atom stereocenters. The molecule has 0 saturated heterocycles. The Morgan fingerprint density at radius 1 is 1.21 bits per heavy atom. The molecule has 1 amide bonds. The Labute approximate surface area is 85.2 Å². The van der Waals surface area contributed by atoms with Crippen molar-refractivity contribution >= 4 is 12.2 Å². The highest BCUT2D eigenvalue weighted by molar-refractivity contribution is 5.75. The van der Waals surface area contributed by atoms with Gasteiger partial charge in [-0.3, -0.25) is 4.79 Å². The fraction of sp³-hybridized carbons (Fsp3) is 0.800. The topological polar surface area (TPSA) is 72.2 Å². The predicted octanol–water partition coefficient (Wildman–Crippen LogP) is 0.601. The van der Waals surface area contributed by atoms with Gasteiger partial charge in [-0.2, -0.15) is 0 Å². The Morgan fingerprint density at radius 3 is 2.57 bits per heavy atom. The van der Waals surface area contributed by atoms with Crippen LogP contribution in [0.3, 0.4) is 0 Å². The van der Waals surface area contributed by atoms with E-state index in [-0.39, 0.29) is 5.91 Å². The van der Waals surface area contributed by atoms with Crippen LogP contribution >= 0.6 is 0 Å². The summed E-state index contributed by atoms with van der Waals surface area (Å²) in [4.78, 5) is 21.1. The van der Waals surface area contributed by atoms with E-state index in [1.165, 1.54) is 0 Å². The Morgan fingerprint density at radius 2 is 1.93 bits per heavy atom. The van der Waals surface area contributed by atoms with Gasteiger partial charge in [0.2, 0.25) is 5.91 Å². The molecule has 0 aliphatic carbocycles. The van der Waals surface area contributed by atoms with Crippen LogP contribution in [0.4, 0.5) is 0 Å². The first-order valence-corrected chi connectivity index (χ1v) is 5.21. The van der Waals surface area contributed by atoms with Crippen molar-refractivity contribution in [1.82, 2.24) is 5.32 Å². The van der Waals surface area contributed by atoms with Gasteiger partial charge in [0.25, 0.3) is 0 Å². The summed E-state index contributed by atoms with van der Waals surface area (Å²) in [6, 6.07) is 0. The van der Waals surface area contributed by atoms with Gasteiger partial charge >= 0.3 is 0 Å². The van der Waals surface area contributed by atoms with E-state index in [4.69, 9.17) is 5.73 Å². The van der Waals surface area contributed by atoms with E-state index in [0.717, 1.165) is 32.0 Å². The molecule has 0 bridgehead atoms. The predicted molar refractivity (Wildman–Crippen MR) is 55.8 cm³/mol. The molecule has 4 heteroatoms. The van der Waals surface area contributed by atoms with Crippen molar-refractivity contribution in [2.75, 3.05) is 13.1 Å². The van der Waals surface area contributed by atoms with Crippen molar-refractivity contribution in [3.8, 4) is 0 Å². The summed E-state index contributed by atoms with van der Waals surface area (Å²) in [6.07, 6.45) is 6.03. The van der Waals surface area contributed by atoms with Crippen LogP contribution in [-0.2, 0) is 9.59 Å². The lowest BCUT2D eigenvalue weighted by Crippen LogP contribution is -2.28. The molecule has 14 heavy (non-hydrogen) atoms. The molecule has 0 atom stereocenters. The molecule has 0 aromatic rings. The normalized spacial score (nSPS) is 9.79. The lowest BCUT2D eigenvalue weighted by molar-refractivity contribution is -0.121. The zero-order valence-corrected chi connectivity index (χ0v) is 8.63. The number of hydrogen-bond acceptors (Lipinski definition) is 3. The summed E-state index contributed by atoms with van der Waals surface area (Å²) in [6.45, 7) is 1.05. The van der Waals surface area contributed by atoms with Gasteiger partial charge < -0.3 is 15.8 Å². The molecule has 0 rings (SSSR count). The zero-order chi connectivity index (χ0) is 10.6. The fourth-order valence-electron chi connectivity index (χ4n) is 1.17. The molecule has 4 nitrogen and oxygen atoms in total. The number of aldehydes is 1. The Hall–Kier alpha value is -0.900. The molecule has 0 radical (unpaired) electrons. The first kappa shape index (κ1) is 13.1. The molecular formula is C10H20N2O2. The maximum Gasteiger partial charge on any atom is 0.220 e. The van der Waals surface area contributed by atoms with Crippen LogP contribution in [0.5, 0.6) is 0 Å². The van der Waals surface area contributed by atoms with E-state index < -0.39 is 0 Å². The molecule has 0 aromatic heterocycles. The van der Waals surface area contributed by atoms with Crippen LogP contribution in [0, 0.1) is 0 Å². The minimum Gasteiger partial charge on any atom is -0.355 e. The highest BCUT2D eigenvalue weighted by atomic mass is 16.1. The van der Waals surface area contributed by atoms with E-state index in [1.54, 1.807) is 0 Å². The van der Waals surface area contributed by atoms with Crippen LogP contribution < -0.4 is 11.1 Å². The monoisotopic (exact) mass is 200 g/mol. The molecule has 0 spiro atoms. The number of carbonyl (C=O) groups is 2. The van der Waals surface area contributed by atoms with Crippen molar-refractivity contribution in [3.05, 3.63) is 0 Å². The van der Waals surface area contributed by atoms with Crippen molar-refractivity contribution < 1.29 is 9.59 Å². The first-order valence-electron chi connectivity index (χ1n) is 5.21. The summed E-state index contributed by atoms with van der Waals surface area (Å²) >= 11 is 0. The summed E-state index contributed by atoms with van der Waals surface area (Å²) in [7, 11) is 0. The summed E-state index contributed by atoms with van der Waals surface area (Å²) in [5, 5.41) is 2.71. The third-order valence-corrected chi connectivity index (χ3v) is 1.94. The zero-order valence-electron chi connectivity index (χ0n) is 8.63. The molecule has 0 aliphatic rings. The van der Waals surface area contributed by atoms with Crippen LogP contribution in [0.15, 0.2) is 0 Å². The van der Waals surface area contributed by atoms with E-state index in [0.29, 0.717) is 25.9 Å². The number of nitrogens with two attached hydrogens (primary N) is 1. The quantitative estimate of drug-likeness (QED) is 0.423. The number of unbranched alkanes of at least 4 members (excludes halogenated alkanes) is 4. The summed E-state index contributed by atoms with van der Waals surface area (Å²) < 4.78 is 0. The van der Waals surface area contributed by atoms with Crippen LogP contribution in [-0.4, -0.2) is 25.3 Å². The fourth-order valence-corrected chi connectivity index (χ4v) is 1.17. The largest absolute Gasteiger partial charge is 0.355 e. The molecule has 0 heterocycles. The van der Waals surface area contributed by atoms with E-state index in [2.05, 4.69) is 5.32 Å². The smallest absolute Gasteiger partial charge is 0.220 e. The number of hydrogen-bond donors (Lipinski definition) is 2. The standard InChI is InChI=1S/C10H20N2O2/c11-7-8-12-10(14)6-4-2-1-3-5-9-13/h9H,1-8,11H2,(H,12,14). The first-order chi connectivity index (χ1) is 6.81. The van der Waals surface area contributed by atoms with Gasteiger partial charge in [0.05, 0.1) is 0 Å². The van der Waals surface area contributed by atoms with Crippen LogP contribution in [0.1, 0.15) is 38.5 Å². The second-order valence-electron chi connectivity index (χ2n) is 3.26. The highest BCUT2D eigenvalue weighted by Crippen LogP contribution is 2.03. The van der Waals surface area contributed by atoms with Gasteiger partial charge in [0.15, 0.2) is 0 Å². The molecule has 0 aromatic carbocycles. The Bertz CT molecular complexity index is 160. The molecule has 0 fully saturated rings. The van der Waals surface area contributed by atoms with Crippen LogP contribution in [0.2, 0.25) is 0 Å². The van der Waals surface area contributed by atoms with Gasteiger partial charge in [-0.25, -0.2) is 0 Å². The Kier molecular flexibility index (Phi) is 9.53. The molecule has 0 saturated carbocycles. The minimum absolute atomic E-state index is 0.0748. The second kappa shape index (κ2) is 10.2. The van der Waals surface area contributed by atoms with Crippen molar-refractivity contribution in [2.45, 2.75) is 38.5 Å². The number of carbonyl (C=O) groups excluding carboxylic acids is 2. The number of rotatable bonds is 9. The van der Waals surface area contributed by atoms with Crippen LogP contribution in [0.25, 0.3) is 0 Å². The molecule has 0 aliphatic heterocycles. The molecule has 82 valence electrons. The lowest BCUT2D eigenvalue weighted by Gasteiger charge is -2.02. The van der Waals surface area contributed by atoms with Gasteiger partial charge in [-0.05, 0) is 12.8 Å². The SMILES string of the molecule is NCCNC(=O)CCCCCCC=O. The number of nitrogens with one attached hydrogen (secondary N) is 1. The minimum atomic E-state index is 0.0748. The third kappa shape index (κ3) is 9.19. The lowest BCUT2D eigenvalue weighted by atomic mass is 10.1. The molecular weight excluding hydrogens is 180 g/mol. The highest BCUT2D eigenvalue weighted by Gasteiger charge is 1.98. The van der Waals surface area contributed by atoms with Gasteiger partial charge in [-0.1, -0.05) is 12.8 Å². The Balaban J connectivity index is 3.10. The average molecular weight is 200 g/mol. The van der Waals surface area contributed by atoms with E-state index in [1.807, 2.05) is 0 Å². The van der Waals surface area contributed by atoms with Crippen molar-refractivity contribution in [1.29, 1.82) is 0 Å². The van der Waals surface area contributed by atoms with Gasteiger partial charge in [-0.15, -0.1) is 0 Å². The average Bonchev–Trinajstić information content (AvgIpc) is 2.20. The maximum absolute atomic E-state index is 11.1. The summed E-state index contributed by atoms with van der Waals surface area (Å²) in [5.74, 6) is 0.0748. The van der Waals surface area contributed by atoms with Crippen molar-refractivity contribution in [2.24, 2.45) is 5.73 Å². The van der Waals surface area contributed by atoms with Gasteiger partial charge in [0, 0.05) is 25.9 Å². The van der Waals surface area contributed by atoms with E-state index in [9.17, 15) is 9.59 Å². The summed E-state index contributed by atoms with van der Waals surface area (Å²) in [5.41, 5.74) is 5.24.